The Morgan fingerprint density at radius 3 is 1.12 bits per heavy atom. The van der Waals surface area contributed by atoms with E-state index in [4.69, 9.17) is 33.5 Å². The van der Waals surface area contributed by atoms with Crippen LogP contribution in [0.3, 0.4) is 0 Å². The van der Waals surface area contributed by atoms with Crippen LogP contribution in [0.1, 0.15) is 62.0 Å². The Bertz CT molecular complexity index is 6910. The third kappa shape index (κ3) is 8.47. The van der Waals surface area contributed by atoms with Gasteiger partial charge in [-0.25, -0.2) is 0 Å². The first-order valence-electron chi connectivity index (χ1n) is 40.7. The Balaban J connectivity index is 0.000000169. The van der Waals surface area contributed by atoms with E-state index in [0.717, 1.165) is 49.4 Å². The Labute approximate surface area is 536 Å². The van der Waals surface area contributed by atoms with Gasteiger partial charge in [-0.15, -0.1) is 0 Å². The molecular formula is C84H58O2. The maximum absolute atomic E-state index is 9.25. The van der Waals surface area contributed by atoms with E-state index < -0.39 is 168 Å². The van der Waals surface area contributed by atoms with Gasteiger partial charge in [0.2, 0.25) is 0 Å². The van der Waals surface area contributed by atoms with Crippen molar-refractivity contribution in [1.29, 1.82) is 0 Å². The lowest BCUT2D eigenvalue weighted by Gasteiger charge is -2.19. The van der Waals surface area contributed by atoms with Crippen LogP contribution in [0.4, 0.5) is 0 Å². The van der Waals surface area contributed by atoms with Gasteiger partial charge >= 0.3 is 0 Å². The molecule has 0 aliphatic rings. The van der Waals surface area contributed by atoms with Gasteiger partial charge in [0.1, 0.15) is 22.3 Å². The van der Waals surface area contributed by atoms with Crippen LogP contribution < -0.4 is 0 Å². The Hall–Kier alpha value is -10.8. The van der Waals surface area contributed by atoms with Crippen molar-refractivity contribution in [2.75, 3.05) is 0 Å². The van der Waals surface area contributed by atoms with E-state index in [9.17, 15) is 11.0 Å². The van der Waals surface area contributed by atoms with Crippen molar-refractivity contribution in [2.45, 2.75) is 26.2 Å². The Morgan fingerprint density at radius 1 is 0.267 bits per heavy atom. The molecule has 0 aliphatic carbocycles. The van der Waals surface area contributed by atoms with Crippen molar-refractivity contribution < 1.29 is 44.5 Å². The molecule has 0 N–H and O–H groups in total. The van der Waals surface area contributed by atoms with Crippen LogP contribution in [0.5, 0.6) is 0 Å². The Kier molecular flexibility index (Phi) is 7.32. The highest BCUT2D eigenvalue weighted by molar-refractivity contribution is 6.24. The maximum atomic E-state index is 9.25. The van der Waals surface area contributed by atoms with Gasteiger partial charge in [-0.1, -0.05) is 293 Å². The van der Waals surface area contributed by atoms with Crippen LogP contribution in [0.15, 0.2) is 305 Å². The zero-order chi connectivity index (χ0) is 80.1. The average molecular weight is 1130 g/mol. The quantitative estimate of drug-likeness (QED) is 0.155. The second-order valence-corrected chi connectivity index (χ2v) is 21.8. The first-order valence-corrected chi connectivity index (χ1v) is 27.7. The molecule has 2 nitrogen and oxygen atoms in total. The second-order valence-electron chi connectivity index (χ2n) is 21.8. The van der Waals surface area contributed by atoms with Crippen molar-refractivity contribution in [1.82, 2.24) is 0 Å². The zero-order valence-electron chi connectivity index (χ0n) is 72.1. The molecule has 0 saturated carbocycles. The number of para-hydroxylation sites is 2. The molecule has 0 radical (unpaired) electrons. The number of hydrogen-bond donors (Lipinski definition) is 0. The number of furan rings is 2. The van der Waals surface area contributed by atoms with Crippen molar-refractivity contribution in [3.05, 3.63) is 302 Å². The summed E-state index contributed by atoms with van der Waals surface area (Å²) in [5.74, 6) is 0. The average Bonchev–Trinajstić information content (AvgIpc) is 0.763. The first-order chi connectivity index (χ1) is 53.1. The van der Waals surface area contributed by atoms with Gasteiger partial charge in [-0.05, 0) is 145 Å². The van der Waals surface area contributed by atoms with Crippen LogP contribution in [0.25, 0.3) is 165 Å². The number of rotatable bonds is 6. The van der Waals surface area contributed by atoms with Crippen molar-refractivity contribution in [2.24, 2.45) is 0 Å². The maximum Gasteiger partial charge on any atom is 0.143 e. The van der Waals surface area contributed by atoms with Gasteiger partial charge in [0, 0.05) is 32.7 Å². The highest BCUT2D eigenvalue weighted by Gasteiger charge is 2.22. The van der Waals surface area contributed by atoms with Crippen molar-refractivity contribution in [3.8, 4) is 66.8 Å². The van der Waals surface area contributed by atoms with Gasteiger partial charge in [-0.2, -0.15) is 0 Å². The van der Waals surface area contributed by atoms with E-state index in [1.165, 1.54) is 0 Å². The fourth-order valence-corrected chi connectivity index (χ4v) is 12.0. The number of hydrogen-bond acceptors (Lipinski definition) is 2. The summed E-state index contributed by atoms with van der Waals surface area (Å²) < 4.78 is 242. The van der Waals surface area contributed by atoms with Gasteiger partial charge in [-0.3, -0.25) is 0 Å². The molecule has 2 aromatic heterocycles. The molecule has 0 bridgehead atoms. The molecule has 406 valence electrons. The van der Waals surface area contributed by atoms with E-state index in [-0.39, 0.29) is 70.8 Å². The van der Waals surface area contributed by atoms with Crippen LogP contribution >= 0.6 is 0 Å². The lowest BCUT2D eigenvalue weighted by Crippen LogP contribution is -2.10. The summed E-state index contributed by atoms with van der Waals surface area (Å²) in [6, 6.07) is 27.4. The standard InChI is InChI=1S/C42H26O.C42H32O/c1-2-13-28(14-3-1)40-32-17-6-8-19-34(32)41(35-20-9-7-18-33(35)40)29-24-25-39-38(26-29)37-23-11-22-36(42(37)43-39)31-21-10-15-27-12-4-5-16-30(27)31;1-42(2,3)30-16-11-15-28(25-30)31-21-12-22-36-37-26-29(23-24-38(37)43-41(31)36)40-34-19-9-7-17-32(34)39(27-13-5-4-6-14-27)33-18-8-10-20-35(33)40/h1-26H;4-26H,1-3H3/i1D,2D,3D,6D,7D,8D,9D,13D,14D,17D,18D,19D,20D;4D,5D,6D,7D,8D,9D,10D,13D,14D,17D,18D,19D,20D. The molecule has 0 unspecified atom stereocenters. The van der Waals surface area contributed by atoms with Gasteiger partial charge < -0.3 is 8.83 Å². The number of benzene rings is 15. The largest absolute Gasteiger partial charge is 0.455 e. The summed E-state index contributed by atoms with van der Waals surface area (Å²) in [6.45, 7) is 6.42. The second kappa shape index (κ2) is 20.5. The monoisotopic (exact) mass is 1120 g/mol. The summed E-state index contributed by atoms with van der Waals surface area (Å²) >= 11 is 0. The molecule has 0 spiro atoms. The van der Waals surface area contributed by atoms with E-state index >= 15 is 0 Å². The summed E-state index contributed by atoms with van der Waals surface area (Å²) in [6.07, 6.45) is 0. The number of fused-ring (bicyclic) bond motifs is 11. The molecule has 86 heavy (non-hydrogen) atoms. The van der Waals surface area contributed by atoms with Gasteiger partial charge in [0.25, 0.3) is 0 Å². The van der Waals surface area contributed by atoms with Crippen LogP contribution in [-0.2, 0) is 5.41 Å². The van der Waals surface area contributed by atoms with Crippen molar-refractivity contribution in [3.63, 3.8) is 0 Å². The molecule has 0 fully saturated rings. The third-order valence-electron chi connectivity index (χ3n) is 15.9. The molecular weight excluding hydrogens is 1040 g/mol. The zero-order valence-corrected chi connectivity index (χ0v) is 46.1. The van der Waals surface area contributed by atoms with Crippen LogP contribution in [0.2, 0.25) is 0 Å². The first kappa shape index (κ1) is 30.7. The van der Waals surface area contributed by atoms with Crippen LogP contribution in [0, 0.1) is 0 Å². The minimum absolute atomic E-state index is 0.0616. The highest BCUT2D eigenvalue weighted by Crippen LogP contribution is 2.48. The van der Waals surface area contributed by atoms with E-state index in [1.54, 1.807) is 36.4 Å². The smallest absolute Gasteiger partial charge is 0.143 e. The van der Waals surface area contributed by atoms with Gasteiger partial charge in [0.15, 0.2) is 0 Å². The molecule has 2 heteroatoms. The molecule has 17 rings (SSSR count). The minimum atomic E-state index is -0.715. The molecule has 15 aromatic carbocycles. The summed E-state index contributed by atoms with van der Waals surface area (Å²) in [4.78, 5) is 0. The SMILES string of the molecule is [2H]c1c([2H])c([2H])c(-c2c3c([2H])c([2H])c([2H])c([2H])c3c(-c3ccc4oc5c(-c6cccc(C(C)(C)C)c6)cccc5c4c3)c3c([2H])c([2H])c([2H])c([2H])c23)c([2H])c1[2H].[2H]c1c([2H])c([2H])c(-c2c3c([2H])c([2H])c([2H])c([2H])c3c(-c3ccc4oc5c(-c6cccc7ccccc67)cccc5c4c3)c3c([2H])c([2H])c([2H])c([2H])c23)c([2H])c1[2H]. The van der Waals surface area contributed by atoms with E-state index in [2.05, 4.69) is 32.9 Å². The summed E-state index contributed by atoms with van der Waals surface area (Å²) in [7, 11) is 0. The molecule has 17 aromatic rings. The van der Waals surface area contributed by atoms with Crippen molar-refractivity contribution >= 4 is 97.7 Å². The van der Waals surface area contributed by atoms with E-state index in [0.29, 0.717) is 44.2 Å². The predicted molar refractivity (Wildman–Crippen MR) is 366 cm³/mol. The lowest BCUT2D eigenvalue weighted by molar-refractivity contribution is 0.590. The van der Waals surface area contributed by atoms with Gasteiger partial charge in [0.05, 0.1) is 35.6 Å². The predicted octanol–water partition coefficient (Wildman–Crippen LogP) is 24.2. The highest BCUT2D eigenvalue weighted by atomic mass is 16.3. The molecule has 0 amide bonds. The fraction of sp³-hybridized carbons (Fsp3) is 0.0476. The molecule has 0 aliphatic heterocycles. The van der Waals surface area contributed by atoms with Crippen LogP contribution in [-0.4, -0.2) is 0 Å². The summed E-state index contributed by atoms with van der Waals surface area (Å²) in [5.41, 5.74) is 6.17. The third-order valence-corrected chi connectivity index (χ3v) is 15.9. The normalized spacial score (nSPS) is 16.1. The summed E-state index contributed by atoms with van der Waals surface area (Å²) in [5, 5.41) is 3.29. The molecule has 2 heterocycles. The molecule has 0 atom stereocenters. The minimum Gasteiger partial charge on any atom is -0.455 e. The topological polar surface area (TPSA) is 26.3 Å². The lowest BCUT2D eigenvalue weighted by atomic mass is 9.85. The molecule has 0 saturated heterocycles. The fourth-order valence-electron chi connectivity index (χ4n) is 12.0. The Morgan fingerprint density at radius 2 is 0.640 bits per heavy atom. The van der Waals surface area contributed by atoms with E-state index in [1.807, 2.05) is 91.0 Å².